The highest BCUT2D eigenvalue weighted by Crippen LogP contribution is 2.39. The lowest BCUT2D eigenvalue weighted by molar-refractivity contribution is -0.245. The summed E-state index contributed by atoms with van der Waals surface area (Å²) >= 11 is 1.68. The SMILES string of the molecule is O=C(NCc1cccc(-c2ccc([C@@H]3O[C@H](CSc4ccccn4)C[C@H](c4ccc(CO)cc4)O3)cc2)c1)c1cnc2ccccc2n1. The molecule has 4 aromatic carbocycles. The van der Waals surface area contributed by atoms with Gasteiger partial charge in [0, 0.05) is 30.5 Å². The number of rotatable bonds is 10. The molecule has 9 heteroatoms. The highest BCUT2D eigenvalue weighted by molar-refractivity contribution is 7.99. The van der Waals surface area contributed by atoms with E-state index >= 15 is 0 Å². The molecule has 0 aliphatic carbocycles. The van der Waals surface area contributed by atoms with Gasteiger partial charge < -0.3 is 19.9 Å². The van der Waals surface area contributed by atoms with Gasteiger partial charge in [0.2, 0.25) is 0 Å². The van der Waals surface area contributed by atoms with Gasteiger partial charge in [-0.1, -0.05) is 84.9 Å². The Morgan fingerprint density at radius 1 is 0.792 bits per heavy atom. The van der Waals surface area contributed by atoms with Gasteiger partial charge in [0.05, 0.1) is 41.1 Å². The highest BCUT2D eigenvalue weighted by Gasteiger charge is 2.32. The zero-order chi connectivity index (χ0) is 32.7. The van der Waals surface area contributed by atoms with E-state index in [4.69, 9.17) is 9.47 Å². The summed E-state index contributed by atoms with van der Waals surface area (Å²) in [7, 11) is 0. The number of para-hydroxylation sites is 2. The molecule has 0 radical (unpaired) electrons. The van der Waals surface area contributed by atoms with Gasteiger partial charge in [-0.15, -0.1) is 11.8 Å². The molecule has 1 aliphatic rings. The molecule has 6 aromatic rings. The number of aliphatic hydroxyl groups is 1. The summed E-state index contributed by atoms with van der Waals surface area (Å²) in [6, 6.07) is 37.7. The summed E-state index contributed by atoms with van der Waals surface area (Å²) in [6.45, 7) is 0.368. The van der Waals surface area contributed by atoms with Crippen molar-refractivity contribution in [3.8, 4) is 11.1 Å². The van der Waals surface area contributed by atoms with E-state index in [0.29, 0.717) is 18.5 Å². The minimum Gasteiger partial charge on any atom is -0.392 e. The van der Waals surface area contributed by atoms with E-state index in [2.05, 4.69) is 44.5 Å². The molecular formula is C39H34N4O4S. The van der Waals surface area contributed by atoms with Gasteiger partial charge >= 0.3 is 0 Å². The smallest absolute Gasteiger partial charge is 0.271 e. The van der Waals surface area contributed by atoms with Crippen LogP contribution in [-0.2, 0) is 22.6 Å². The Labute approximate surface area is 283 Å². The van der Waals surface area contributed by atoms with Crippen molar-refractivity contribution in [3.05, 3.63) is 156 Å². The minimum atomic E-state index is -0.538. The Balaban J connectivity index is 1.03. The number of thioether (sulfide) groups is 1. The van der Waals surface area contributed by atoms with E-state index in [9.17, 15) is 9.90 Å². The third-order valence-corrected chi connectivity index (χ3v) is 9.32. The topological polar surface area (TPSA) is 106 Å². The van der Waals surface area contributed by atoms with Crippen molar-refractivity contribution in [1.29, 1.82) is 0 Å². The molecule has 3 atom stereocenters. The molecule has 7 rings (SSSR count). The molecule has 0 spiro atoms. The van der Waals surface area contributed by atoms with Crippen molar-refractivity contribution >= 4 is 28.7 Å². The summed E-state index contributed by atoms with van der Waals surface area (Å²) in [4.78, 5) is 26.1. The molecule has 0 bridgehead atoms. The molecule has 1 amide bonds. The van der Waals surface area contributed by atoms with Gasteiger partial charge in [-0.3, -0.25) is 9.78 Å². The van der Waals surface area contributed by atoms with Gasteiger partial charge in [-0.25, -0.2) is 9.97 Å². The maximum absolute atomic E-state index is 12.8. The first kappa shape index (κ1) is 31.7. The molecule has 0 saturated carbocycles. The van der Waals surface area contributed by atoms with Crippen LogP contribution in [0.25, 0.3) is 22.2 Å². The summed E-state index contributed by atoms with van der Waals surface area (Å²) in [5.41, 5.74) is 7.64. The third kappa shape index (κ3) is 7.61. The van der Waals surface area contributed by atoms with Crippen molar-refractivity contribution in [2.75, 3.05) is 5.75 Å². The average Bonchev–Trinajstić information content (AvgIpc) is 3.16. The van der Waals surface area contributed by atoms with Gasteiger partial charge in [0.1, 0.15) is 5.69 Å². The van der Waals surface area contributed by atoms with E-state index in [1.807, 2.05) is 91.0 Å². The van der Waals surface area contributed by atoms with Crippen molar-refractivity contribution in [1.82, 2.24) is 20.3 Å². The second-order valence-electron chi connectivity index (χ2n) is 11.6. The predicted molar refractivity (Wildman–Crippen MR) is 186 cm³/mol. The number of hydrogen-bond donors (Lipinski definition) is 2. The van der Waals surface area contributed by atoms with Crippen molar-refractivity contribution in [2.24, 2.45) is 0 Å². The molecule has 48 heavy (non-hydrogen) atoms. The van der Waals surface area contributed by atoms with Gasteiger partial charge in [-0.05, 0) is 58.1 Å². The highest BCUT2D eigenvalue weighted by atomic mass is 32.2. The number of ether oxygens (including phenoxy) is 2. The van der Waals surface area contributed by atoms with Crippen LogP contribution in [0.4, 0.5) is 0 Å². The lowest BCUT2D eigenvalue weighted by Crippen LogP contribution is -2.31. The van der Waals surface area contributed by atoms with Crippen LogP contribution in [0.3, 0.4) is 0 Å². The molecule has 0 unspecified atom stereocenters. The molecule has 1 fully saturated rings. The number of nitrogens with zero attached hydrogens (tertiary/aromatic N) is 3. The summed E-state index contributed by atoms with van der Waals surface area (Å²) in [6.07, 6.45) is 3.28. The van der Waals surface area contributed by atoms with Gasteiger partial charge in [0.15, 0.2) is 6.29 Å². The lowest BCUT2D eigenvalue weighted by atomic mass is 9.99. The Hall–Kier alpha value is -4.93. The van der Waals surface area contributed by atoms with E-state index in [-0.39, 0.29) is 30.4 Å². The summed E-state index contributed by atoms with van der Waals surface area (Å²) in [5.74, 6) is 0.478. The standard InChI is InChI=1S/C39H34N4O4S/c44-24-26-11-13-29(14-12-26)36-21-32(25-48-37-10-3-4-19-40-37)46-39(47-36)30-17-15-28(16-18-30)31-7-5-6-27(20-31)22-42-38(45)35-23-41-33-8-1-2-9-34(33)43-35/h1-20,23,32,36,39,44H,21-22,24-25H2,(H,42,45)/t32-,36+,39+/m0/s1. The molecule has 2 N–H and O–H groups in total. The Bertz CT molecular complexity index is 1990. The van der Waals surface area contributed by atoms with E-state index < -0.39 is 6.29 Å². The summed E-state index contributed by atoms with van der Waals surface area (Å²) in [5, 5.41) is 13.4. The first-order valence-corrected chi connectivity index (χ1v) is 16.8. The number of benzene rings is 4. The van der Waals surface area contributed by atoms with E-state index in [0.717, 1.165) is 49.7 Å². The zero-order valence-electron chi connectivity index (χ0n) is 26.1. The third-order valence-electron chi connectivity index (χ3n) is 8.25. The van der Waals surface area contributed by atoms with Crippen molar-refractivity contribution < 1.29 is 19.4 Å². The largest absolute Gasteiger partial charge is 0.392 e. The van der Waals surface area contributed by atoms with Crippen LogP contribution in [0.15, 0.2) is 133 Å². The number of hydrogen-bond acceptors (Lipinski definition) is 8. The Morgan fingerprint density at radius 2 is 1.58 bits per heavy atom. The average molecular weight is 655 g/mol. The fourth-order valence-electron chi connectivity index (χ4n) is 5.67. The van der Waals surface area contributed by atoms with Crippen LogP contribution < -0.4 is 5.32 Å². The number of aromatic nitrogens is 3. The maximum Gasteiger partial charge on any atom is 0.271 e. The van der Waals surface area contributed by atoms with E-state index in [1.165, 1.54) is 6.20 Å². The second-order valence-corrected chi connectivity index (χ2v) is 12.6. The monoisotopic (exact) mass is 654 g/mol. The minimum absolute atomic E-state index is 0.00525. The van der Waals surface area contributed by atoms with E-state index in [1.54, 1.807) is 18.0 Å². The Kier molecular flexibility index (Phi) is 9.81. The molecule has 2 aromatic heterocycles. The number of aliphatic hydroxyl groups excluding tert-OH is 1. The van der Waals surface area contributed by atoms with Crippen LogP contribution >= 0.6 is 11.8 Å². The van der Waals surface area contributed by atoms with Gasteiger partial charge in [-0.2, -0.15) is 0 Å². The van der Waals surface area contributed by atoms with Crippen LogP contribution in [0, 0.1) is 0 Å². The number of nitrogens with one attached hydrogen (secondary N) is 1. The molecule has 8 nitrogen and oxygen atoms in total. The number of carbonyl (C=O) groups excluding carboxylic acids is 1. The molecule has 1 aliphatic heterocycles. The normalized spacial score (nSPS) is 17.6. The van der Waals surface area contributed by atoms with Crippen molar-refractivity contribution in [3.63, 3.8) is 0 Å². The maximum atomic E-state index is 12.8. The van der Waals surface area contributed by atoms with Crippen LogP contribution in [0.1, 0.15) is 51.6 Å². The fourth-order valence-corrected chi connectivity index (χ4v) is 6.55. The molecular weight excluding hydrogens is 621 g/mol. The number of amides is 1. The summed E-state index contributed by atoms with van der Waals surface area (Å²) < 4.78 is 13.0. The van der Waals surface area contributed by atoms with Crippen LogP contribution in [0.2, 0.25) is 0 Å². The fraction of sp³-hybridized carbons (Fsp3) is 0.179. The van der Waals surface area contributed by atoms with Crippen molar-refractivity contribution in [2.45, 2.75) is 43.1 Å². The molecule has 3 heterocycles. The van der Waals surface area contributed by atoms with Crippen LogP contribution in [0.5, 0.6) is 0 Å². The van der Waals surface area contributed by atoms with Crippen LogP contribution in [-0.4, -0.2) is 37.8 Å². The number of pyridine rings is 1. The molecule has 1 saturated heterocycles. The first-order chi connectivity index (χ1) is 23.6. The molecule has 240 valence electrons. The second kappa shape index (κ2) is 14.9. The predicted octanol–water partition coefficient (Wildman–Crippen LogP) is 7.45. The Morgan fingerprint density at radius 3 is 2.38 bits per heavy atom. The van der Waals surface area contributed by atoms with Gasteiger partial charge in [0.25, 0.3) is 5.91 Å². The number of fused-ring (bicyclic) bond motifs is 1. The lowest BCUT2D eigenvalue weighted by Gasteiger charge is -2.36. The first-order valence-electron chi connectivity index (χ1n) is 15.8. The zero-order valence-corrected chi connectivity index (χ0v) is 26.9. The number of carbonyl (C=O) groups is 1. The quantitative estimate of drug-likeness (QED) is 0.147.